The van der Waals surface area contributed by atoms with Crippen LogP contribution in [-0.4, -0.2) is 31.7 Å². The van der Waals surface area contributed by atoms with E-state index in [1.807, 2.05) is 12.1 Å². The summed E-state index contributed by atoms with van der Waals surface area (Å²) >= 11 is 17.9. The lowest BCUT2D eigenvalue weighted by atomic mass is 9.99. The summed E-state index contributed by atoms with van der Waals surface area (Å²) in [5.74, 6) is 1.63. The summed E-state index contributed by atoms with van der Waals surface area (Å²) in [6.07, 6.45) is 2.32. The molecule has 0 unspecified atom stereocenters. The van der Waals surface area contributed by atoms with Crippen molar-refractivity contribution in [1.82, 2.24) is 10.2 Å². The van der Waals surface area contributed by atoms with Gasteiger partial charge in [0, 0.05) is 24.3 Å². The lowest BCUT2D eigenvalue weighted by Crippen LogP contribution is -2.33. The highest BCUT2D eigenvalue weighted by atomic mass is 35.5. The fourth-order valence-electron chi connectivity index (χ4n) is 3.51. The Morgan fingerprint density at radius 3 is 2.19 bits per heavy atom. The quantitative estimate of drug-likeness (QED) is 0.416. The monoisotopic (exact) mass is 510 g/mol. The fourth-order valence-corrected chi connectivity index (χ4v) is 5.58. The topological polar surface area (TPSA) is 75.2 Å². The molecule has 1 fully saturated rings. The first kappa shape index (κ1) is 23.1. The van der Waals surface area contributed by atoms with Crippen LogP contribution in [0.2, 0.25) is 15.1 Å². The molecule has 1 aliphatic rings. The van der Waals surface area contributed by atoms with E-state index in [4.69, 9.17) is 34.8 Å². The Kier molecular flexibility index (Phi) is 6.81. The van der Waals surface area contributed by atoms with Crippen LogP contribution in [0.3, 0.4) is 0 Å². The van der Waals surface area contributed by atoms with Gasteiger partial charge in [0.25, 0.3) is 10.0 Å². The number of anilines is 2. The van der Waals surface area contributed by atoms with Crippen LogP contribution in [0.15, 0.2) is 53.4 Å². The average molecular weight is 512 g/mol. The van der Waals surface area contributed by atoms with E-state index in [1.54, 1.807) is 24.3 Å². The van der Waals surface area contributed by atoms with Gasteiger partial charge in [-0.25, -0.2) is 8.42 Å². The van der Waals surface area contributed by atoms with Gasteiger partial charge in [-0.05, 0) is 55.2 Å². The van der Waals surface area contributed by atoms with E-state index in [0.717, 1.165) is 43.2 Å². The van der Waals surface area contributed by atoms with Crippen LogP contribution in [0.1, 0.15) is 19.8 Å². The number of nitrogens with zero attached hydrogens (tertiary/aromatic N) is 3. The molecule has 0 bridgehead atoms. The second kappa shape index (κ2) is 9.43. The number of hydrogen-bond acceptors (Lipinski definition) is 5. The smallest absolute Gasteiger partial charge is 0.263 e. The Bertz CT molecular complexity index is 1210. The molecule has 32 heavy (non-hydrogen) atoms. The highest BCUT2D eigenvalue weighted by Gasteiger charge is 2.21. The summed E-state index contributed by atoms with van der Waals surface area (Å²) in [5, 5.41) is 9.00. The van der Waals surface area contributed by atoms with Crippen LogP contribution in [-0.2, 0) is 10.0 Å². The van der Waals surface area contributed by atoms with Crippen LogP contribution in [0.4, 0.5) is 11.5 Å². The summed E-state index contributed by atoms with van der Waals surface area (Å²) < 4.78 is 27.9. The Hall–Kier alpha value is -2.06. The Morgan fingerprint density at radius 2 is 1.56 bits per heavy atom. The van der Waals surface area contributed by atoms with Crippen molar-refractivity contribution in [3.05, 3.63) is 63.6 Å². The van der Waals surface area contributed by atoms with Crippen molar-refractivity contribution in [2.75, 3.05) is 22.7 Å². The van der Waals surface area contributed by atoms with Crippen LogP contribution in [0.5, 0.6) is 0 Å². The van der Waals surface area contributed by atoms with Gasteiger partial charge in [-0.2, -0.15) is 0 Å². The zero-order valence-electron chi connectivity index (χ0n) is 17.2. The summed E-state index contributed by atoms with van der Waals surface area (Å²) in [6, 6.07) is 13.3. The van der Waals surface area contributed by atoms with Crippen molar-refractivity contribution in [3.8, 4) is 11.3 Å². The number of benzene rings is 2. The van der Waals surface area contributed by atoms with E-state index in [9.17, 15) is 8.42 Å². The first-order valence-corrected chi connectivity index (χ1v) is 12.7. The molecule has 168 valence electrons. The van der Waals surface area contributed by atoms with Gasteiger partial charge >= 0.3 is 0 Å². The normalized spacial score (nSPS) is 15.1. The van der Waals surface area contributed by atoms with Gasteiger partial charge in [0.1, 0.15) is 4.90 Å². The predicted octanol–water partition coefficient (Wildman–Crippen LogP) is 6.14. The van der Waals surface area contributed by atoms with E-state index in [2.05, 4.69) is 26.7 Å². The minimum atomic E-state index is -3.94. The molecule has 0 amide bonds. The largest absolute Gasteiger partial charge is 0.355 e. The van der Waals surface area contributed by atoms with Gasteiger partial charge in [0.2, 0.25) is 0 Å². The second-order valence-corrected chi connectivity index (χ2v) is 10.7. The van der Waals surface area contributed by atoms with Gasteiger partial charge in [-0.1, -0.05) is 53.9 Å². The highest BCUT2D eigenvalue weighted by molar-refractivity contribution is 7.92. The molecule has 0 radical (unpaired) electrons. The molecule has 10 heteroatoms. The molecule has 0 saturated carbocycles. The molecule has 6 nitrogen and oxygen atoms in total. The lowest BCUT2D eigenvalue weighted by molar-refractivity contribution is 0.436. The third-order valence-electron chi connectivity index (χ3n) is 5.46. The van der Waals surface area contributed by atoms with E-state index < -0.39 is 10.0 Å². The number of nitrogens with one attached hydrogen (secondary N) is 1. The zero-order valence-corrected chi connectivity index (χ0v) is 20.3. The first-order chi connectivity index (χ1) is 15.2. The molecule has 1 N–H and O–H groups in total. The van der Waals surface area contributed by atoms with Crippen molar-refractivity contribution in [1.29, 1.82) is 0 Å². The molecule has 0 atom stereocenters. The van der Waals surface area contributed by atoms with Gasteiger partial charge < -0.3 is 4.90 Å². The maximum Gasteiger partial charge on any atom is 0.263 e. The summed E-state index contributed by atoms with van der Waals surface area (Å²) in [4.78, 5) is 2.11. The molecule has 1 aliphatic heterocycles. The van der Waals surface area contributed by atoms with Crippen LogP contribution >= 0.6 is 34.8 Å². The molecule has 1 saturated heterocycles. The number of sulfonamides is 1. The van der Waals surface area contributed by atoms with Gasteiger partial charge in [0.15, 0.2) is 5.82 Å². The molecular formula is C22H21Cl3N4O2S. The van der Waals surface area contributed by atoms with E-state index in [0.29, 0.717) is 11.4 Å². The van der Waals surface area contributed by atoms with Crippen LogP contribution < -0.4 is 9.62 Å². The van der Waals surface area contributed by atoms with Crippen LogP contribution in [0, 0.1) is 5.92 Å². The maximum atomic E-state index is 12.7. The van der Waals surface area contributed by atoms with Gasteiger partial charge in [-0.15, -0.1) is 10.2 Å². The lowest BCUT2D eigenvalue weighted by Gasteiger charge is -2.30. The van der Waals surface area contributed by atoms with Crippen LogP contribution in [0.25, 0.3) is 11.3 Å². The summed E-state index contributed by atoms with van der Waals surface area (Å²) in [6.45, 7) is 4.26. The molecule has 0 aliphatic carbocycles. The fraction of sp³-hybridized carbons (Fsp3) is 0.273. The third kappa shape index (κ3) is 5.12. The van der Waals surface area contributed by atoms with Crippen molar-refractivity contribution in [2.45, 2.75) is 24.7 Å². The third-order valence-corrected chi connectivity index (χ3v) is 8.02. The Labute approximate surface area is 202 Å². The number of aromatic nitrogens is 2. The van der Waals surface area contributed by atoms with Crippen molar-refractivity contribution in [3.63, 3.8) is 0 Å². The number of halogens is 3. The minimum absolute atomic E-state index is 0.0120. The molecule has 2 heterocycles. The molecule has 1 aromatic heterocycles. The highest BCUT2D eigenvalue weighted by Crippen LogP contribution is 2.33. The first-order valence-electron chi connectivity index (χ1n) is 10.1. The molecular weight excluding hydrogens is 491 g/mol. The van der Waals surface area contributed by atoms with Crippen molar-refractivity contribution in [2.24, 2.45) is 5.92 Å². The standard InChI is InChI=1S/C22H21Cl3N4O2S/c1-14-8-10-29(11-9-14)22-7-6-20(26-27-22)15-2-4-16(5-3-15)28-32(30,31)21-13-18(24)17(23)12-19(21)25/h2-7,12-14,28H,8-11H2,1H3. The number of hydrogen-bond donors (Lipinski definition) is 1. The summed E-state index contributed by atoms with van der Waals surface area (Å²) in [7, 11) is -3.94. The number of piperidine rings is 1. The zero-order chi connectivity index (χ0) is 22.9. The Morgan fingerprint density at radius 1 is 0.906 bits per heavy atom. The summed E-state index contributed by atoms with van der Waals surface area (Å²) in [5.41, 5.74) is 1.91. The van der Waals surface area contributed by atoms with E-state index in [-0.39, 0.29) is 20.0 Å². The minimum Gasteiger partial charge on any atom is -0.355 e. The van der Waals surface area contributed by atoms with Gasteiger partial charge in [0.05, 0.1) is 20.8 Å². The molecule has 0 spiro atoms. The SMILES string of the molecule is CC1CCN(c2ccc(-c3ccc(NS(=O)(=O)c4cc(Cl)c(Cl)cc4Cl)cc3)nn2)CC1. The average Bonchev–Trinajstić information content (AvgIpc) is 2.77. The number of rotatable bonds is 5. The van der Waals surface area contributed by atoms with Gasteiger partial charge in [-0.3, -0.25) is 4.72 Å². The van der Waals surface area contributed by atoms with Crippen molar-refractivity contribution < 1.29 is 8.42 Å². The van der Waals surface area contributed by atoms with Crippen molar-refractivity contribution >= 4 is 56.3 Å². The van der Waals surface area contributed by atoms with E-state index in [1.165, 1.54) is 12.1 Å². The molecule has 3 aromatic rings. The molecule has 4 rings (SSSR count). The molecule has 2 aromatic carbocycles. The maximum absolute atomic E-state index is 12.7. The Balaban J connectivity index is 1.48. The second-order valence-electron chi connectivity index (χ2n) is 7.83. The predicted molar refractivity (Wildman–Crippen MR) is 130 cm³/mol. The van der Waals surface area contributed by atoms with E-state index >= 15 is 0 Å².